The number of rotatable bonds is 6. The third-order valence-corrected chi connectivity index (χ3v) is 12.9. The summed E-state index contributed by atoms with van der Waals surface area (Å²) in [6.45, 7) is 7.06. The average Bonchev–Trinajstić information content (AvgIpc) is 3.33. The summed E-state index contributed by atoms with van der Waals surface area (Å²) in [5, 5.41) is 11.5. The first-order valence-electron chi connectivity index (χ1n) is 17.3. The summed E-state index contributed by atoms with van der Waals surface area (Å²) in [5.74, 6) is -5.81. The lowest BCUT2D eigenvalue weighted by Crippen LogP contribution is -2.66. The smallest absolute Gasteiger partial charge is 0.383 e. The molecular formula is C38H45F5N2O2. The molecule has 0 amide bonds. The molecule has 4 fully saturated rings. The number of benzene rings is 2. The van der Waals surface area contributed by atoms with E-state index in [1.165, 1.54) is 12.5 Å². The van der Waals surface area contributed by atoms with Crippen LogP contribution in [0.25, 0.3) is 0 Å². The first-order chi connectivity index (χ1) is 22.3. The van der Waals surface area contributed by atoms with Gasteiger partial charge in [-0.15, -0.1) is 0 Å². The Bertz CT molecular complexity index is 1490. The van der Waals surface area contributed by atoms with E-state index < -0.39 is 35.5 Å². The van der Waals surface area contributed by atoms with Crippen LogP contribution in [0, 0.1) is 29.1 Å². The molecule has 0 spiro atoms. The second-order valence-corrected chi connectivity index (χ2v) is 15.2. The molecule has 1 aliphatic heterocycles. The number of allylic oxidation sites excluding steroid dienone is 1. The van der Waals surface area contributed by atoms with Crippen molar-refractivity contribution >= 4 is 5.78 Å². The van der Waals surface area contributed by atoms with Gasteiger partial charge in [-0.2, -0.15) is 22.0 Å². The van der Waals surface area contributed by atoms with Gasteiger partial charge in [-0.05, 0) is 90.9 Å². The lowest BCUT2D eigenvalue weighted by Gasteiger charge is -2.59. The average molecular weight is 657 g/mol. The Morgan fingerprint density at radius 2 is 1.43 bits per heavy atom. The Hall–Kier alpha value is -2.62. The molecular weight excluding hydrogens is 611 g/mol. The van der Waals surface area contributed by atoms with Gasteiger partial charge < -0.3 is 5.11 Å². The number of nitrogens with zero attached hydrogens (tertiary/aromatic N) is 2. The quantitative estimate of drug-likeness (QED) is 0.323. The highest BCUT2D eigenvalue weighted by Gasteiger charge is 2.79. The van der Waals surface area contributed by atoms with Crippen LogP contribution in [0.3, 0.4) is 0 Å². The van der Waals surface area contributed by atoms with Gasteiger partial charge in [0.05, 0.1) is 0 Å². The predicted octanol–water partition coefficient (Wildman–Crippen LogP) is 7.77. The molecule has 47 heavy (non-hydrogen) atoms. The summed E-state index contributed by atoms with van der Waals surface area (Å²) >= 11 is 0. The maximum absolute atomic E-state index is 15.3. The van der Waals surface area contributed by atoms with Crippen LogP contribution >= 0.6 is 0 Å². The van der Waals surface area contributed by atoms with Gasteiger partial charge in [-0.1, -0.05) is 67.1 Å². The largest absolute Gasteiger partial charge is 0.456 e. The van der Waals surface area contributed by atoms with E-state index in [2.05, 4.69) is 46.2 Å². The minimum Gasteiger partial charge on any atom is -0.383 e. The van der Waals surface area contributed by atoms with E-state index in [0.717, 1.165) is 56.0 Å². The lowest BCUT2D eigenvalue weighted by molar-refractivity contribution is -0.364. The fourth-order valence-electron chi connectivity index (χ4n) is 10.5. The van der Waals surface area contributed by atoms with Gasteiger partial charge in [-0.3, -0.25) is 14.6 Å². The lowest BCUT2D eigenvalue weighted by atomic mass is 9.46. The molecule has 4 aliphatic carbocycles. The van der Waals surface area contributed by atoms with Crippen molar-refractivity contribution in [2.24, 2.45) is 29.1 Å². The molecule has 1 saturated heterocycles. The number of ketones is 1. The number of aliphatic hydroxyl groups is 1. The molecule has 5 aliphatic rings. The highest BCUT2D eigenvalue weighted by molar-refractivity contribution is 5.91. The van der Waals surface area contributed by atoms with Crippen molar-refractivity contribution in [1.82, 2.24) is 9.80 Å². The van der Waals surface area contributed by atoms with E-state index in [0.29, 0.717) is 25.7 Å². The zero-order valence-corrected chi connectivity index (χ0v) is 27.0. The summed E-state index contributed by atoms with van der Waals surface area (Å²) in [6.07, 6.45) is -2.03. The van der Waals surface area contributed by atoms with Crippen LogP contribution in [0.5, 0.6) is 0 Å². The maximum atomic E-state index is 15.3. The van der Waals surface area contributed by atoms with E-state index in [-0.39, 0.29) is 42.3 Å². The van der Waals surface area contributed by atoms with Crippen LogP contribution in [-0.4, -0.2) is 64.6 Å². The van der Waals surface area contributed by atoms with E-state index >= 15 is 8.78 Å². The third kappa shape index (κ3) is 5.58. The second kappa shape index (κ2) is 12.1. The fourth-order valence-corrected chi connectivity index (χ4v) is 10.5. The zero-order valence-electron chi connectivity index (χ0n) is 27.0. The summed E-state index contributed by atoms with van der Waals surface area (Å²) in [4.78, 5) is 17.2. The SMILES string of the molecule is C[C@]12C[C@H](c3ccc(CN4CCN(Cc5ccccc5)CC4)cc3)C3C4CCC(=O)C=C4CCC3C1CC[C@@]2(O)C(F)(F)C(F)(F)F. The van der Waals surface area contributed by atoms with Crippen molar-refractivity contribution in [3.63, 3.8) is 0 Å². The molecule has 2 aromatic carbocycles. The maximum Gasteiger partial charge on any atom is 0.456 e. The topological polar surface area (TPSA) is 43.8 Å². The standard InChI is InChI=1S/C38H45F5N2O2/c1-35-22-32(27-9-7-26(8-10-27)24-45-19-17-44(18-20-45)23-25-5-3-2-4-6-25)34-30-14-12-29(46)21-28(30)11-13-31(34)33(35)15-16-36(35,47)37(39,40)38(41,42)43/h2-10,21,30-34,47H,11-20,22-24H2,1H3/t30?,31?,32-,33?,34?,35+,36+/m1/s1. The Kier molecular flexibility index (Phi) is 8.44. The molecule has 3 saturated carbocycles. The monoisotopic (exact) mass is 656 g/mol. The molecule has 1 heterocycles. The van der Waals surface area contributed by atoms with Crippen LogP contribution in [0.4, 0.5) is 22.0 Å². The van der Waals surface area contributed by atoms with Crippen LogP contribution in [0.2, 0.25) is 0 Å². The Labute approximate surface area is 274 Å². The van der Waals surface area contributed by atoms with E-state index in [1.807, 2.05) is 18.2 Å². The molecule has 7 rings (SSSR count). The van der Waals surface area contributed by atoms with E-state index in [1.54, 1.807) is 6.08 Å². The number of alkyl halides is 5. The molecule has 7 atom stereocenters. The van der Waals surface area contributed by atoms with Crippen molar-refractivity contribution in [2.75, 3.05) is 26.2 Å². The van der Waals surface area contributed by atoms with Crippen molar-refractivity contribution in [1.29, 1.82) is 0 Å². The van der Waals surface area contributed by atoms with E-state index in [4.69, 9.17) is 0 Å². The Morgan fingerprint density at radius 3 is 2.04 bits per heavy atom. The first-order valence-corrected chi connectivity index (χ1v) is 17.3. The molecule has 9 heteroatoms. The third-order valence-electron chi connectivity index (χ3n) is 12.9. The predicted molar refractivity (Wildman–Crippen MR) is 170 cm³/mol. The molecule has 254 valence electrons. The minimum atomic E-state index is -5.84. The zero-order chi connectivity index (χ0) is 33.2. The van der Waals surface area contributed by atoms with Gasteiger partial charge in [0.25, 0.3) is 0 Å². The van der Waals surface area contributed by atoms with Gasteiger partial charge >= 0.3 is 12.1 Å². The first kappa shape index (κ1) is 32.9. The number of hydrogen-bond donors (Lipinski definition) is 1. The van der Waals surface area contributed by atoms with Crippen molar-refractivity contribution in [3.05, 3.63) is 82.9 Å². The molecule has 0 bridgehead atoms. The van der Waals surface area contributed by atoms with Crippen LogP contribution in [0.1, 0.15) is 74.5 Å². The van der Waals surface area contributed by atoms with Gasteiger partial charge in [0.1, 0.15) is 5.60 Å². The highest BCUT2D eigenvalue weighted by Crippen LogP contribution is 2.71. The van der Waals surface area contributed by atoms with Crippen molar-refractivity contribution in [2.45, 2.75) is 88.6 Å². The fraction of sp³-hybridized carbons (Fsp3) is 0.605. The Balaban J connectivity index is 1.13. The minimum absolute atomic E-state index is 0.0339. The van der Waals surface area contributed by atoms with Crippen LogP contribution in [0.15, 0.2) is 66.2 Å². The summed E-state index contributed by atoms with van der Waals surface area (Å²) < 4.78 is 72.2. The number of halogens is 5. The normalized spacial score (nSPS) is 35.2. The Morgan fingerprint density at radius 1 is 0.809 bits per heavy atom. The summed E-state index contributed by atoms with van der Waals surface area (Å²) in [7, 11) is 0. The van der Waals surface area contributed by atoms with Gasteiger partial charge in [-0.25, -0.2) is 0 Å². The van der Waals surface area contributed by atoms with Gasteiger partial charge in [0.2, 0.25) is 0 Å². The van der Waals surface area contributed by atoms with Gasteiger partial charge in [0, 0.05) is 51.1 Å². The summed E-state index contributed by atoms with van der Waals surface area (Å²) in [5.41, 5.74) is -0.308. The van der Waals surface area contributed by atoms with Crippen LogP contribution < -0.4 is 0 Å². The van der Waals surface area contributed by atoms with Crippen molar-refractivity contribution < 1.29 is 31.9 Å². The number of hydrogen-bond acceptors (Lipinski definition) is 4. The van der Waals surface area contributed by atoms with E-state index in [9.17, 15) is 23.1 Å². The second-order valence-electron chi connectivity index (χ2n) is 15.2. The number of fused-ring (bicyclic) bond motifs is 5. The van der Waals surface area contributed by atoms with Gasteiger partial charge in [0.15, 0.2) is 5.78 Å². The molecule has 2 aromatic rings. The molecule has 4 nitrogen and oxygen atoms in total. The number of carbonyl (C=O) groups excluding carboxylic acids is 1. The number of carbonyl (C=O) groups is 1. The van der Waals surface area contributed by atoms with Crippen LogP contribution in [-0.2, 0) is 17.9 Å². The molecule has 4 unspecified atom stereocenters. The summed E-state index contributed by atoms with van der Waals surface area (Å²) in [6, 6.07) is 18.7. The number of piperazine rings is 1. The molecule has 0 aromatic heterocycles. The molecule has 1 N–H and O–H groups in total. The van der Waals surface area contributed by atoms with Crippen molar-refractivity contribution in [3.8, 4) is 0 Å². The highest BCUT2D eigenvalue weighted by atomic mass is 19.4. The molecule has 0 radical (unpaired) electrons.